The lowest BCUT2D eigenvalue weighted by molar-refractivity contribution is -0.136. The molecule has 0 aromatic heterocycles. The average molecular weight is 492 g/mol. The van der Waals surface area contributed by atoms with Crippen LogP contribution in [0.3, 0.4) is 0 Å². The molecule has 0 fully saturated rings. The summed E-state index contributed by atoms with van der Waals surface area (Å²) >= 11 is 12.0. The van der Waals surface area contributed by atoms with Crippen LogP contribution in [-0.4, -0.2) is 18.5 Å². The Morgan fingerprint density at radius 3 is 2.09 bits per heavy atom. The van der Waals surface area contributed by atoms with Crippen LogP contribution in [0.4, 0.5) is 5.69 Å². The number of carbonyl (C=O) groups is 2. The molecule has 0 aliphatic heterocycles. The van der Waals surface area contributed by atoms with Gasteiger partial charge in [-0.1, -0.05) is 65.7 Å². The Labute approximate surface area is 206 Å². The van der Waals surface area contributed by atoms with Gasteiger partial charge in [0.25, 0.3) is 5.91 Å². The van der Waals surface area contributed by atoms with Crippen molar-refractivity contribution in [1.82, 2.24) is 0 Å². The summed E-state index contributed by atoms with van der Waals surface area (Å²) in [5.41, 5.74) is 2.92. The zero-order valence-corrected chi connectivity index (χ0v) is 19.3. The standard InChI is InChI=1S/C27H19Cl2NO4/c28-21-10-15-24(29)25(16-21)30-27(32)20-8-13-23(14-9-20)34-26(31)17-33-22-11-6-19(7-12-22)18-4-2-1-3-5-18/h1-16H,17H2,(H,30,32). The Morgan fingerprint density at radius 2 is 1.38 bits per heavy atom. The fourth-order valence-electron chi connectivity index (χ4n) is 3.14. The highest BCUT2D eigenvalue weighted by Gasteiger charge is 2.11. The SMILES string of the molecule is O=C(COc1ccc(-c2ccccc2)cc1)Oc1ccc(C(=O)Nc2cc(Cl)ccc2Cl)cc1. The Balaban J connectivity index is 1.29. The summed E-state index contributed by atoms with van der Waals surface area (Å²) in [7, 11) is 0. The van der Waals surface area contributed by atoms with Crippen LogP contribution < -0.4 is 14.8 Å². The molecule has 4 aromatic carbocycles. The number of halogens is 2. The predicted octanol–water partition coefficient (Wildman–Crippen LogP) is 6.90. The molecule has 0 aliphatic carbocycles. The third-order valence-electron chi connectivity index (χ3n) is 4.84. The first-order chi connectivity index (χ1) is 16.5. The molecule has 170 valence electrons. The van der Waals surface area contributed by atoms with Gasteiger partial charge in [0.1, 0.15) is 11.5 Å². The molecule has 0 aliphatic rings. The van der Waals surface area contributed by atoms with E-state index in [0.29, 0.717) is 32.8 Å². The maximum atomic E-state index is 12.4. The number of ether oxygens (including phenoxy) is 2. The molecule has 0 saturated carbocycles. The number of hydrogen-bond acceptors (Lipinski definition) is 4. The molecule has 0 spiro atoms. The van der Waals surface area contributed by atoms with Gasteiger partial charge in [-0.05, 0) is 65.7 Å². The minimum atomic E-state index is -0.560. The van der Waals surface area contributed by atoms with Gasteiger partial charge in [0.15, 0.2) is 6.61 Å². The molecule has 0 unspecified atom stereocenters. The van der Waals surface area contributed by atoms with Gasteiger partial charge in [-0.15, -0.1) is 0 Å². The van der Waals surface area contributed by atoms with Crippen molar-refractivity contribution >= 4 is 40.8 Å². The lowest BCUT2D eigenvalue weighted by Crippen LogP contribution is -2.18. The Kier molecular flexibility index (Phi) is 7.48. The minimum Gasteiger partial charge on any atom is -0.482 e. The molecule has 0 heterocycles. The maximum Gasteiger partial charge on any atom is 0.349 e. The highest BCUT2D eigenvalue weighted by molar-refractivity contribution is 6.35. The number of anilines is 1. The van der Waals surface area contributed by atoms with E-state index in [1.807, 2.05) is 42.5 Å². The van der Waals surface area contributed by atoms with Gasteiger partial charge in [0, 0.05) is 10.6 Å². The van der Waals surface area contributed by atoms with E-state index in [1.54, 1.807) is 42.5 Å². The van der Waals surface area contributed by atoms with Gasteiger partial charge in [-0.25, -0.2) is 4.79 Å². The predicted molar refractivity (Wildman–Crippen MR) is 134 cm³/mol. The van der Waals surface area contributed by atoms with Gasteiger partial charge in [0.05, 0.1) is 10.7 Å². The fourth-order valence-corrected chi connectivity index (χ4v) is 3.48. The fraction of sp³-hybridized carbons (Fsp3) is 0.0370. The molecule has 4 rings (SSSR count). The van der Waals surface area contributed by atoms with E-state index >= 15 is 0 Å². The van der Waals surface area contributed by atoms with Gasteiger partial charge < -0.3 is 14.8 Å². The van der Waals surface area contributed by atoms with E-state index in [0.717, 1.165) is 11.1 Å². The molecule has 0 atom stereocenters. The van der Waals surface area contributed by atoms with Crippen molar-refractivity contribution in [2.24, 2.45) is 0 Å². The molecule has 0 radical (unpaired) electrons. The summed E-state index contributed by atoms with van der Waals surface area (Å²) in [6.07, 6.45) is 0. The van der Waals surface area contributed by atoms with Crippen LogP contribution >= 0.6 is 23.2 Å². The van der Waals surface area contributed by atoms with Crippen LogP contribution in [0.15, 0.2) is 97.1 Å². The summed E-state index contributed by atoms with van der Waals surface area (Å²) in [5.74, 6) is -0.0759. The Hall–Kier alpha value is -3.80. The zero-order valence-electron chi connectivity index (χ0n) is 17.8. The Bertz CT molecular complexity index is 1290. The molecule has 0 saturated heterocycles. The number of esters is 1. The van der Waals surface area contributed by atoms with Gasteiger partial charge in [0.2, 0.25) is 0 Å². The lowest BCUT2D eigenvalue weighted by atomic mass is 10.1. The van der Waals surface area contributed by atoms with Gasteiger partial charge in [-0.2, -0.15) is 0 Å². The maximum absolute atomic E-state index is 12.4. The first kappa shape index (κ1) is 23.4. The largest absolute Gasteiger partial charge is 0.482 e. The summed E-state index contributed by atoms with van der Waals surface area (Å²) in [5, 5.41) is 3.53. The molecule has 1 N–H and O–H groups in total. The second kappa shape index (κ2) is 10.9. The molecule has 0 bridgehead atoms. The van der Waals surface area contributed by atoms with Crippen LogP contribution in [0.5, 0.6) is 11.5 Å². The van der Waals surface area contributed by atoms with Crippen molar-refractivity contribution in [3.63, 3.8) is 0 Å². The zero-order chi connectivity index (χ0) is 23.9. The third kappa shape index (κ3) is 6.16. The number of hydrogen-bond donors (Lipinski definition) is 1. The molecular formula is C27H19Cl2NO4. The summed E-state index contributed by atoms with van der Waals surface area (Å²) in [6, 6.07) is 28.3. The van der Waals surface area contributed by atoms with Crippen LogP contribution in [0.25, 0.3) is 11.1 Å². The smallest absolute Gasteiger partial charge is 0.349 e. The number of benzene rings is 4. The lowest BCUT2D eigenvalue weighted by Gasteiger charge is -2.09. The molecule has 34 heavy (non-hydrogen) atoms. The first-order valence-electron chi connectivity index (χ1n) is 10.3. The monoisotopic (exact) mass is 491 g/mol. The second-order valence-electron chi connectivity index (χ2n) is 7.26. The van der Waals surface area contributed by atoms with Crippen molar-refractivity contribution in [3.05, 3.63) is 113 Å². The van der Waals surface area contributed by atoms with Gasteiger partial charge >= 0.3 is 5.97 Å². The summed E-state index contributed by atoms with van der Waals surface area (Å²) in [4.78, 5) is 24.6. The van der Waals surface area contributed by atoms with E-state index in [1.165, 1.54) is 12.1 Å². The quantitative estimate of drug-likeness (QED) is 0.225. The normalized spacial score (nSPS) is 10.4. The van der Waals surface area contributed by atoms with Crippen molar-refractivity contribution in [3.8, 4) is 22.6 Å². The van der Waals surface area contributed by atoms with Crippen LogP contribution in [0, 0.1) is 0 Å². The number of amides is 1. The van der Waals surface area contributed by atoms with Crippen LogP contribution in [0.1, 0.15) is 10.4 Å². The van der Waals surface area contributed by atoms with Gasteiger partial charge in [-0.3, -0.25) is 4.79 Å². The van der Waals surface area contributed by atoms with E-state index in [9.17, 15) is 9.59 Å². The van der Waals surface area contributed by atoms with Crippen molar-refractivity contribution in [1.29, 1.82) is 0 Å². The molecule has 7 heteroatoms. The highest BCUT2D eigenvalue weighted by Crippen LogP contribution is 2.26. The second-order valence-corrected chi connectivity index (χ2v) is 8.10. The topological polar surface area (TPSA) is 64.6 Å². The molecule has 5 nitrogen and oxygen atoms in total. The van der Waals surface area contributed by atoms with E-state index in [4.69, 9.17) is 32.7 Å². The first-order valence-corrected chi connectivity index (χ1v) is 11.1. The van der Waals surface area contributed by atoms with Crippen molar-refractivity contribution in [2.45, 2.75) is 0 Å². The molecular weight excluding hydrogens is 473 g/mol. The minimum absolute atomic E-state index is 0.250. The molecule has 1 amide bonds. The number of nitrogens with one attached hydrogen (secondary N) is 1. The van der Waals surface area contributed by atoms with Crippen LogP contribution in [0.2, 0.25) is 10.0 Å². The van der Waals surface area contributed by atoms with E-state index in [2.05, 4.69) is 5.32 Å². The third-order valence-corrected chi connectivity index (χ3v) is 5.41. The van der Waals surface area contributed by atoms with Crippen molar-refractivity contribution < 1.29 is 19.1 Å². The Morgan fingerprint density at radius 1 is 0.735 bits per heavy atom. The van der Waals surface area contributed by atoms with Crippen molar-refractivity contribution in [2.75, 3.05) is 11.9 Å². The summed E-state index contributed by atoms with van der Waals surface area (Å²) in [6.45, 7) is -0.250. The average Bonchev–Trinajstić information content (AvgIpc) is 2.86. The van der Waals surface area contributed by atoms with E-state index < -0.39 is 5.97 Å². The molecule has 4 aromatic rings. The summed E-state index contributed by atoms with van der Waals surface area (Å²) < 4.78 is 10.8. The highest BCUT2D eigenvalue weighted by atomic mass is 35.5. The number of carbonyl (C=O) groups excluding carboxylic acids is 2. The van der Waals surface area contributed by atoms with Crippen LogP contribution in [-0.2, 0) is 4.79 Å². The number of rotatable bonds is 7. The van der Waals surface area contributed by atoms with E-state index in [-0.39, 0.29) is 12.5 Å².